The van der Waals surface area contributed by atoms with E-state index in [2.05, 4.69) is 5.32 Å². The van der Waals surface area contributed by atoms with Gasteiger partial charge in [0, 0.05) is 21.9 Å². The molecule has 1 heterocycles. The van der Waals surface area contributed by atoms with Crippen LogP contribution in [0.1, 0.15) is 5.56 Å². The average molecular weight is 374 g/mol. The molecule has 0 radical (unpaired) electrons. The molecule has 0 bridgehead atoms. The van der Waals surface area contributed by atoms with Crippen LogP contribution in [0.15, 0.2) is 63.2 Å². The van der Waals surface area contributed by atoms with Gasteiger partial charge in [-0.1, -0.05) is 53.9 Å². The minimum atomic E-state index is -0.453. The number of amides is 1. The van der Waals surface area contributed by atoms with Gasteiger partial charge in [-0.3, -0.25) is 14.9 Å². The second-order valence-electron chi connectivity index (χ2n) is 4.75. The number of nitrogens with zero attached hydrogens (tertiary/aromatic N) is 1. The van der Waals surface area contributed by atoms with Crippen molar-refractivity contribution in [1.82, 2.24) is 5.32 Å². The van der Waals surface area contributed by atoms with E-state index in [1.165, 1.54) is 23.9 Å². The fourth-order valence-corrected chi connectivity index (χ4v) is 3.99. The van der Waals surface area contributed by atoms with Crippen molar-refractivity contribution in [2.75, 3.05) is 0 Å². The predicted molar refractivity (Wildman–Crippen MR) is 100.0 cm³/mol. The lowest BCUT2D eigenvalue weighted by molar-refractivity contribution is -0.384. The Hall–Kier alpha value is -2.16. The SMILES string of the molecule is O=C1NC(=S)S/C1=C\c1cc([N+](=O)[O-])ccc1Sc1ccccc1. The summed E-state index contributed by atoms with van der Waals surface area (Å²) in [6, 6.07) is 14.3. The lowest BCUT2D eigenvalue weighted by Gasteiger charge is -2.06. The van der Waals surface area contributed by atoms with Crippen molar-refractivity contribution in [2.24, 2.45) is 0 Å². The molecule has 2 aromatic carbocycles. The van der Waals surface area contributed by atoms with Crippen LogP contribution in [0.3, 0.4) is 0 Å². The monoisotopic (exact) mass is 374 g/mol. The summed E-state index contributed by atoms with van der Waals surface area (Å²) in [5.74, 6) is -0.285. The van der Waals surface area contributed by atoms with Crippen LogP contribution in [-0.2, 0) is 4.79 Å². The Kier molecular flexibility index (Phi) is 4.98. The molecule has 0 atom stereocenters. The zero-order valence-electron chi connectivity index (χ0n) is 12.1. The van der Waals surface area contributed by atoms with E-state index in [0.717, 1.165) is 21.6 Å². The topological polar surface area (TPSA) is 72.2 Å². The molecule has 1 N–H and O–H groups in total. The summed E-state index contributed by atoms with van der Waals surface area (Å²) in [5, 5.41) is 13.6. The lowest BCUT2D eigenvalue weighted by Crippen LogP contribution is -2.17. The van der Waals surface area contributed by atoms with Gasteiger partial charge in [0.25, 0.3) is 11.6 Å². The summed E-state index contributed by atoms with van der Waals surface area (Å²) in [4.78, 5) is 24.7. The molecule has 0 aromatic heterocycles. The molecule has 24 heavy (non-hydrogen) atoms. The number of thiocarbonyl (C=S) groups is 1. The Morgan fingerprint density at radius 2 is 1.96 bits per heavy atom. The molecule has 120 valence electrons. The summed E-state index contributed by atoms with van der Waals surface area (Å²) < 4.78 is 0.383. The number of non-ortho nitro benzene ring substituents is 1. The Morgan fingerprint density at radius 3 is 2.58 bits per heavy atom. The van der Waals surface area contributed by atoms with Crippen molar-refractivity contribution in [3.63, 3.8) is 0 Å². The first-order valence-corrected chi connectivity index (χ1v) is 8.83. The average Bonchev–Trinajstić information content (AvgIpc) is 2.87. The highest BCUT2D eigenvalue weighted by Gasteiger charge is 2.23. The number of benzene rings is 2. The van der Waals surface area contributed by atoms with E-state index in [4.69, 9.17) is 12.2 Å². The molecule has 0 unspecified atom stereocenters. The quantitative estimate of drug-likeness (QED) is 0.374. The third kappa shape index (κ3) is 3.84. The van der Waals surface area contributed by atoms with Crippen molar-refractivity contribution in [1.29, 1.82) is 0 Å². The van der Waals surface area contributed by atoms with Crippen LogP contribution in [0.2, 0.25) is 0 Å². The van der Waals surface area contributed by atoms with Crippen LogP contribution in [0.5, 0.6) is 0 Å². The second-order valence-corrected chi connectivity index (χ2v) is 7.58. The number of nitro benzene ring substituents is 1. The molecular formula is C16H10N2O3S3. The van der Waals surface area contributed by atoms with Crippen LogP contribution in [0, 0.1) is 10.1 Å². The fourth-order valence-electron chi connectivity index (χ4n) is 2.03. The van der Waals surface area contributed by atoms with Gasteiger partial charge in [-0.15, -0.1) is 0 Å². The first-order chi connectivity index (χ1) is 11.5. The van der Waals surface area contributed by atoms with E-state index >= 15 is 0 Å². The summed E-state index contributed by atoms with van der Waals surface area (Å²) in [7, 11) is 0. The van der Waals surface area contributed by atoms with Crippen LogP contribution in [-0.4, -0.2) is 15.2 Å². The molecule has 8 heteroatoms. The maximum absolute atomic E-state index is 11.8. The molecule has 1 amide bonds. The van der Waals surface area contributed by atoms with Crippen LogP contribution in [0.25, 0.3) is 6.08 Å². The summed E-state index contributed by atoms with van der Waals surface area (Å²) >= 11 is 7.60. The minimum Gasteiger partial charge on any atom is -0.307 e. The first kappa shape index (κ1) is 16.7. The van der Waals surface area contributed by atoms with Gasteiger partial charge in [-0.05, 0) is 29.8 Å². The number of nitrogens with one attached hydrogen (secondary N) is 1. The first-order valence-electron chi connectivity index (χ1n) is 6.79. The standard InChI is InChI=1S/C16H10N2O3S3/c19-15-14(24-16(22)17-15)9-10-8-11(18(20)21)6-7-13(10)23-12-4-2-1-3-5-12/h1-9H,(H,17,19,22)/b14-9-. The predicted octanol–water partition coefficient (Wildman–Crippen LogP) is 4.23. The number of carbonyl (C=O) groups excluding carboxylic acids is 1. The molecule has 1 aliphatic heterocycles. The summed E-state index contributed by atoms with van der Waals surface area (Å²) in [6.45, 7) is 0. The highest BCUT2D eigenvalue weighted by atomic mass is 32.2. The minimum absolute atomic E-state index is 0.0229. The Morgan fingerprint density at radius 1 is 1.21 bits per heavy atom. The molecule has 1 saturated heterocycles. The zero-order chi connectivity index (χ0) is 17.1. The molecule has 0 aliphatic carbocycles. The number of carbonyl (C=O) groups is 1. The van der Waals surface area contributed by atoms with Gasteiger partial charge in [-0.2, -0.15) is 0 Å². The maximum atomic E-state index is 11.8. The zero-order valence-corrected chi connectivity index (χ0v) is 14.5. The molecule has 3 rings (SSSR count). The Balaban J connectivity index is 2.02. The normalized spacial score (nSPS) is 15.6. The van der Waals surface area contributed by atoms with Gasteiger partial charge in [0.2, 0.25) is 0 Å². The number of hydrogen-bond donors (Lipinski definition) is 1. The Bertz CT molecular complexity index is 866. The van der Waals surface area contributed by atoms with Gasteiger partial charge in [0.1, 0.15) is 4.32 Å². The third-order valence-electron chi connectivity index (χ3n) is 3.10. The molecule has 1 fully saturated rings. The van der Waals surface area contributed by atoms with Crippen molar-refractivity contribution in [3.05, 3.63) is 69.1 Å². The van der Waals surface area contributed by atoms with Crippen molar-refractivity contribution in [3.8, 4) is 0 Å². The highest BCUT2D eigenvalue weighted by Crippen LogP contribution is 2.35. The number of thioether (sulfide) groups is 1. The van der Waals surface area contributed by atoms with Crippen molar-refractivity contribution < 1.29 is 9.72 Å². The van der Waals surface area contributed by atoms with Gasteiger partial charge in [-0.25, -0.2) is 0 Å². The maximum Gasteiger partial charge on any atom is 0.270 e. The van der Waals surface area contributed by atoms with Gasteiger partial charge >= 0.3 is 0 Å². The van der Waals surface area contributed by atoms with Gasteiger partial charge in [0.15, 0.2) is 0 Å². The highest BCUT2D eigenvalue weighted by molar-refractivity contribution is 8.26. The van der Waals surface area contributed by atoms with Gasteiger partial charge in [0.05, 0.1) is 9.83 Å². The molecule has 0 saturated carbocycles. The van der Waals surface area contributed by atoms with Gasteiger partial charge < -0.3 is 5.32 Å². The van der Waals surface area contributed by atoms with Crippen LogP contribution >= 0.6 is 35.7 Å². The van der Waals surface area contributed by atoms with E-state index < -0.39 is 4.92 Å². The van der Waals surface area contributed by atoms with E-state index in [0.29, 0.717) is 14.8 Å². The summed E-state index contributed by atoms with van der Waals surface area (Å²) in [5.41, 5.74) is 0.589. The number of hydrogen-bond acceptors (Lipinski definition) is 6. The summed E-state index contributed by atoms with van der Waals surface area (Å²) in [6.07, 6.45) is 1.64. The molecule has 1 aliphatic rings. The van der Waals surface area contributed by atoms with E-state index in [-0.39, 0.29) is 11.6 Å². The number of rotatable bonds is 4. The molecule has 5 nitrogen and oxygen atoms in total. The second kappa shape index (κ2) is 7.16. The van der Waals surface area contributed by atoms with Crippen molar-refractivity contribution >= 4 is 57.7 Å². The number of nitro groups is 1. The van der Waals surface area contributed by atoms with E-state index in [1.807, 2.05) is 30.3 Å². The van der Waals surface area contributed by atoms with E-state index in [9.17, 15) is 14.9 Å². The lowest BCUT2D eigenvalue weighted by atomic mass is 10.2. The third-order valence-corrected chi connectivity index (χ3v) is 5.37. The molecule has 2 aromatic rings. The largest absolute Gasteiger partial charge is 0.307 e. The van der Waals surface area contributed by atoms with Crippen molar-refractivity contribution in [2.45, 2.75) is 9.79 Å². The molecule has 0 spiro atoms. The fraction of sp³-hybridized carbons (Fsp3) is 0. The van der Waals surface area contributed by atoms with E-state index in [1.54, 1.807) is 12.1 Å². The van der Waals surface area contributed by atoms with Crippen LogP contribution < -0.4 is 5.32 Å². The molecular weight excluding hydrogens is 364 g/mol. The smallest absolute Gasteiger partial charge is 0.270 e. The Labute approximate surface area is 151 Å². The van der Waals surface area contributed by atoms with Crippen LogP contribution in [0.4, 0.5) is 5.69 Å².